The molecule has 0 radical (unpaired) electrons. The summed E-state index contributed by atoms with van der Waals surface area (Å²) < 4.78 is 15.5. The van der Waals surface area contributed by atoms with Crippen molar-refractivity contribution in [2.45, 2.75) is 0 Å². The second-order valence-electron chi connectivity index (χ2n) is 4.55. The molecule has 0 aliphatic carbocycles. The molecular formula is C14H18CaN4O5. The number of carboxylic acid groups (broad SMARTS) is 1. The van der Waals surface area contributed by atoms with Crippen molar-refractivity contribution in [2.75, 3.05) is 33.2 Å². The van der Waals surface area contributed by atoms with Crippen LogP contribution in [-0.4, -0.2) is 92.1 Å². The van der Waals surface area contributed by atoms with E-state index in [1.807, 2.05) is 0 Å². The van der Waals surface area contributed by atoms with Crippen LogP contribution >= 0.6 is 0 Å². The second kappa shape index (κ2) is 8.86. The predicted molar refractivity (Wildman–Crippen MR) is 89.3 cm³/mol. The monoisotopic (exact) mass is 362 g/mol. The summed E-state index contributed by atoms with van der Waals surface area (Å²) in [4.78, 5) is 25.1. The zero-order valence-corrected chi connectivity index (χ0v) is 13.1. The molecular weight excluding hydrogens is 344 g/mol. The average molecular weight is 362 g/mol. The molecule has 0 fully saturated rings. The van der Waals surface area contributed by atoms with Crippen LogP contribution < -0.4 is 19.1 Å². The molecule has 2 rings (SSSR count). The molecule has 1 N–H and O–H groups in total. The predicted octanol–water partition coefficient (Wildman–Crippen LogP) is 0.529. The van der Waals surface area contributed by atoms with Crippen LogP contribution in [0.3, 0.4) is 0 Å². The summed E-state index contributed by atoms with van der Waals surface area (Å²) in [7, 11) is 6.37. The van der Waals surface area contributed by atoms with Gasteiger partial charge in [-0.1, -0.05) is 0 Å². The number of anilines is 1. The van der Waals surface area contributed by atoms with Gasteiger partial charge in [0.25, 0.3) is 0 Å². The maximum absolute atomic E-state index is 11.4. The Morgan fingerprint density at radius 1 is 1.08 bits per heavy atom. The summed E-state index contributed by atoms with van der Waals surface area (Å²) in [6.07, 6.45) is 0. The number of aromatic nitrogens is 3. The molecule has 2 aromatic rings. The Morgan fingerprint density at radius 2 is 1.67 bits per heavy atom. The van der Waals surface area contributed by atoms with E-state index in [0.29, 0.717) is 5.82 Å². The van der Waals surface area contributed by atoms with Gasteiger partial charge in [-0.05, 0) is 12.1 Å². The van der Waals surface area contributed by atoms with Gasteiger partial charge in [0, 0.05) is 14.1 Å². The minimum absolute atomic E-state index is 0. The van der Waals surface area contributed by atoms with Gasteiger partial charge in [-0.2, -0.15) is 9.97 Å². The fourth-order valence-corrected chi connectivity index (χ4v) is 1.66. The zero-order valence-electron chi connectivity index (χ0n) is 13.1. The Labute approximate surface area is 168 Å². The van der Waals surface area contributed by atoms with Gasteiger partial charge in [0.1, 0.15) is 5.82 Å². The van der Waals surface area contributed by atoms with E-state index >= 15 is 0 Å². The van der Waals surface area contributed by atoms with Crippen molar-refractivity contribution in [1.29, 1.82) is 0 Å². The third-order valence-corrected chi connectivity index (χ3v) is 2.78. The number of aromatic carboxylic acids is 1. The van der Waals surface area contributed by atoms with Crippen molar-refractivity contribution in [2.24, 2.45) is 0 Å². The number of carbonyl (C=O) groups is 1. The van der Waals surface area contributed by atoms with Crippen molar-refractivity contribution in [3.63, 3.8) is 0 Å². The van der Waals surface area contributed by atoms with Gasteiger partial charge < -0.3 is 24.2 Å². The Kier molecular flexibility index (Phi) is 7.46. The molecule has 0 saturated heterocycles. The minimum atomic E-state index is -1.22. The van der Waals surface area contributed by atoms with E-state index < -0.39 is 5.97 Å². The number of methoxy groups -OCH3 is 2. The Balaban J connectivity index is 0.00000288. The van der Waals surface area contributed by atoms with Gasteiger partial charge in [0.2, 0.25) is 11.8 Å². The molecule has 0 atom stereocenters. The molecule has 0 aliphatic rings. The first-order chi connectivity index (χ1) is 10.9. The molecule has 0 bridgehead atoms. The average Bonchev–Trinajstić information content (AvgIpc) is 2.54. The van der Waals surface area contributed by atoms with Crippen LogP contribution in [0.15, 0.2) is 18.2 Å². The second-order valence-corrected chi connectivity index (χ2v) is 4.55. The number of rotatable bonds is 6. The summed E-state index contributed by atoms with van der Waals surface area (Å²) in [6, 6.07) is 4.47. The molecule has 10 heteroatoms. The zero-order chi connectivity index (χ0) is 17.0. The SMILES string of the molecule is COc1cc(OC)nc(Oc2ccc(N(C)C)nc2C(=O)O)n1.[CaH2]. The summed E-state index contributed by atoms with van der Waals surface area (Å²) in [5.74, 6) is -0.279. The molecule has 2 aromatic heterocycles. The van der Waals surface area contributed by atoms with E-state index in [2.05, 4.69) is 15.0 Å². The first-order valence-corrected chi connectivity index (χ1v) is 6.51. The maximum atomic E-state index is 11.4. The Morgan fingerprint density at radius 3 is 2.12 bits per heavy atom. The number of ether oxygens (including phenoxy) is 3. The summed E-state index contributed by atoms with van der Waals surface area (Å²) >= 11 is 0. The third-order valence-electron chi connectivity index (χ3n) is 2.78. The van der Waals surface area contributed by atoms with E-state index in [4.69, 9.17) is 14.2 Å². The molecule has 126 valence electrons. The standard InChI is InChI=1S/C14H16N4O5.Ca.2H/c1-18(2)9-6-5-8(12(15-9)13(19)20)23-14-16-10(21-3)7-11(17-14)22-4;;;/h5-7H,1-4H3,(H,19,20);;;. The molecule has 0 unspecified atom stereocenters. The fraction of sp³-hybridized carbons (Fsp3) is 0.286. The van der Waals surface area contributed by atoms with Crippen molar-refractivity contribution in [3.8, 4) is 23.5 Å². The van der Waals surface area contributed by atoms with E-state index in [1.165, 1.54) is 26.4 Å². The summed E-state index contributed by atoms with van der Waals surface area (Å²) in [5, 5.41) is 9.30. The molecule has 0 saturated carbocycles. The molecule has 0 amide bonds. The van der Waals surface area contributed by atoms with Crippen molar-refractivity contribution in [1.82, 2.24) is 15.0 Å². The van der Waals surface area contributed by atoms with Crippen LogP contribution in [-0.2, 0) is 0 Å². The molecule has 0 spiro atoms. The molecule has 24 heavy (non-hydrogen) atoms. The van der Waals surface area contributed by atoms with E-state index in [1.54, 1.807) is 25.1 Å². The van der Waals surface area contributed by atoms with Crippen LogP contribution in [0.2, 0.25) is 0 Å². The van der Waals surface area contributed by atoms with Crippen LogP contribution in [0, 0.1) is 0 Å². The molecule has 0 aromatic carbocycles. The quantitative estimate of drug-likeness (QED) is 0.736. The van der Waals surface area contributed by atoms with E-state index in [-0.39, 0.29) is 67.0 Å². The van der Waals surface area contributed by atoms with Gasteiger partial charge in [-0.25, -0.2) is 9.78 Å². The van der Waals surface area contributed by atoms with Gasteiger partial charge in [-0.15, -0.1) is 0 Å². The number of pyridine rings is 1. The van der Waals surface area contributed by atoms with E-state index in [0.717, 1.165) is 0 Å². The van der Waals surface area contributed by atoms with E-state index in [9.17, 15) is 9.90 Å². The van der Waals surface area contributed by atoms with Gasteiger partial charge in [-0.3, -0.25) is 0 Å². The fourth-order valence-electron chi connectivity index (χ4n) is 1.66. The number of hydrogen-bond acceptors (Lipinski definition) is 8. The van der Waals surface area contributed by atoms with Gasteiger partial charge in [0.15, 0.2) is 11.4 Å². The van der Waals surface area contributed by atoms with Gasteiger partial charge in [0.05, 0.1) is 20.3 Å². The van der Waals surface area contributed by atoms with Crippen LogP contribution in [0.25, 0.3) is 0 Å². The Bertz CT molecular complexity index is 704. The number of carboxylic acids is 1. The molecule has 9 nitrogen and oxygen atoms in total. The van der Waals surface area contributed by atoms with Crippen LogP contribution in [0.1, 0.15) is 10.5 Å². The first-order valence-electron chi connectivity index (χ1n) is 6.51. The third kappa shape index (κ3) is 4.83. The van der Waals surface area contributed by atoms with Crippen molar-refractivity contribution >= 4 is 49.5 Å². The number of nitrogens with zero attached hydrogens (tertiary/aromatic N) is 4. The molecule has 2 heterocycles. The summed E-state index contributed by atoms with van der Waals surface area (Å²) in [6.45, 7) is 0. The van der Waals surface area contributed by atoms with Crippen molar-refractivity contribution in [3.05, 3.63) is 23.9 Å². The van der Waals surface area contributed by atoms with Crippen molar-refractivity contribution < 1.29 is 24.1 Å². The molecule has 0 aliphatic heterocycles. The van der Waals surface area contributed by atoms with Gasteiger partial charge >= 0.3 is 49.7 Å². The summed E-state index contributed by atoms with van der Waals surface area (Å²) in [5.41, 5.74) is -0.249. The Hall–Kier alpha value is -1.84. The topological polar surface area (TPSA) is 107 Å². The first kappa shape index (κ1) is 20.2. The number of hydrogen-bond donors (Lipinski definition) is 1. The normalized spacial score (nSPS) is 9.67. The van der Waals surface area contributed by atoms with Crippen LogP contribution in [0.4, 0.5) is 5.82 Å². The van der Waals surface area contributed by atoms with Crippen LogP contribution in [0.5, 0.6) is 23.5 Å².